The quantitative estimate of drug-likeness (QED) is 0.562. The fourth-order valence-corrected chi connectivity index (χ4v) is 2.42. The molecule has 0 atom stereocenters. The number of nitrogens with zero attached hydrogens (tertiary/aromatic N) is 4. The number of rotatable bonds is 5. The lowest BCUT2D eigenvalue weighted by Gasteiger charge is -2.10. The fraction of sp³-hybridized carbons (Fsp3) is 0.211. The molecule has 3 rings (SSSR count). The average molecular weight is 355 g/mol. The number of hydrogen-bond acceptors (Lipinski definition) is 3. The molecule has 5 nitrogen and oxygen atoms in total. The number of halogens is 2. The van der Waals surface area contributed by atoms with E-state index < -0.39 is 5.92 Å². The van der Waals surface area contributed by atoms with Gasteiger partial charge in [0.1, 0.15) is 11.5 Å². The predicted octanol–water partition coefficient (Wildman–Crippen LogP) is 3.59. The monoisotopic (exact) mass is 355 g/mol. The molecule has 3 aromatic rings. The van der Waals surface area contributed by atoms with Crippen molar-refractivity contribution in [2.75, 3.05) is 0 Å². The standard InChI is InChI=1S/C19H19F2N5/c1-13-8-10-26(25-13)16-7-9-23-17(11-16)18(22)24-12-14-3-5-15(6-4-14)19(2,20)21/h3-11H,12H2,1-2H3,(H2,22,24). The Labute approximate surface area is 150 Å². The topological polar surface area (TPSA) is 69.1 Å². The number of benzene rings is 1. The van der Waals surface area contributed by atoms with Crippen molar-refractivity contribution in [1.29, 1.82) is 0 Å². The molecular formula is C19H19F2N5. The van der Waals surface area contributed by atoms with Crippen molar-refractivity contribution in [1.82, 2.24) is 14.8 Å². The summed E-state index contributed by atoms with van der Waals surface area (Å²) >= 11 is 0. The Morgan fingerprint density at radius 2 is 1.92 bits per heavy atom. The molecule has 0 spiro atoms. The molecular weight excluding hydrogens is 336 g/mol. The van der Waals surface area contributed by atoms with Crippen molar-refractivity contribution in [2.24, 2.45) is 10.7 Å². The second-order valence-electron chi connectivity index (χ2n) is 6.09. The number of aryl methyl sites for hydroxylation is 1. The molecule has 26 heavy (non-hydrogen) atoms. The van der Waals surface area contributed by atoms with Crippen LogP contribution in [0.25, 0.3) is 5.69 Å². The first-order valence-electron chi connectivity index (χ1n) is 8.09. The van der Waals surface area contributed by atoms with Crippen LogP contribution < -0.4 is 5.73 Å². The summed E-state index contributed by atoms with van der Waals surface area (Å²) < 4.78 is 28.2. The zero-order valence-corrected chi connectivity index (χ0v) is 14.5. The van der Waals surface area contributed by atoms with E-state index in [0.29, 0.717) is 5.69 Å². The van der Waals surface area contributed by atoms with Crippen LogP contribution in [0.2, 0.25) is 0 Å². The molecule has 0 bridgehead atoms. The number of aromatic nitrogens is 3. The molecule has 0 unspecified atom stereocenters. The second kappa shape index (κ2) is 7.03. The Morgan fingerprint density at radius 1 is 1.19 bits per heavy atom. The summed E-state index contributed by atoms with van der Waals surface area (Å²) in [6.45, 7) is 3.07. The van der Waals surface area contributed by atoms with Crippen LogP contribution in [0.4, 0.5) is 8.78 Å². The van der Waals surface area contributed by atoms with Crippen LogP contribution in [-0.4, -0.2) is 20.6 Å². The van der Waals surface area contributed by atoms with Crippen LogP contribution in [0.15, 0.2) is 59.9 Å². The highest BCUT2D eigenvalue weighted by atomic mass is 19.3. The molecule has 0 radical (unpaired) electrons. The van der Waals surface area contributed by atoms with Gasteiger partial charge in [-0.3, -0.25) is 9.98 Å². The third kappa shape index (κ3) is 4.11. The Hall–Kier alpha value is -3.09. The van der Waals surface area contributed by atoms with Gasteiger partial charge in [0.2, 0.25) is 0 Å². The van der Waals surface area contributed by atoms with E-state index in [1.807, 2.05) is 25.3 Å². The van der Waals surface area contributed by atoms with Crippen LogP contribution >= 0.6 is 0 Å². The lowest BCUT2D eigenvalue weighted by molar-refractivity contribution is 0.0174. The predicted molar refractivity (Wildman–Crippen MR) is 96.5 cm³/mol. The molecule has 0 aliphatic heterocycles. The van der Waals surface area contributed by atoms with Crippen molar-refractivity contribution in [3.63, 3.8) is 0 Å². The molecule has 0 aliphatic rings. The van der Waals surface area contributed by atoms with Gasteiger partial charge in [0.15, 0.2) is 0 Å². The molecule has 0 fully saturated rings. The summed E-state index contributed by atoms with van der Waals surface area (Å²) in [6.07, 6.45) is 3.50. The summed E-state index contributed by atoms with van der Waals surface area (Å²) in [7, 11) is 0. The summed E-state index contributed by atoms with van der Waals surface area (Å²) in [5.41, 5.74) is 9.07. The Kier molecular flexibility index (Phi) is 4.79. The van der Waals surface area contributed by atoms with Gasteiger partial charge in [-0.15, -0.1) is 0 Å². The van der Waals surface area contributed by atoms with E-state index in [1.54, 1.807) is 29.1 Å². The number of amidine groups is 1. The zero-order valence-electron chi connectivity index (χ0n) is 14.5. The Bertz CT molecular complexity index is 924. The molecule has 0 aliphatic carbocycles. The molecule has 134 valence electrons. The Balaban J connectivity index is 1.76. The minimum Gasteiger partial charge on any atom is -0.382 e. The smallest absolute Gasteiger partial charge is 0.270 e. The first-order chi connectivity index (χ1) is 12.3. The van der Waals surface area contributed by atoms with E-state index in [9.17, 15) is 8.78 Å². The summed E-state index contributed by atoms with van der Waals surface area (Å²) in [5.74, 6) is -2.57. The summed E-state index contributed by atoms with van der Waals surface area (Å²) in [5, 5.41) is 4.35. The van der Waals surface area contributed by atoms with E-state index in [1.165, 1.54) is 12.1 Å². The molecule has 0 amide bonds. The van der Waals surface area contributed by atoms with Gasteiger partial charge < -0.3 is 5.73 Å². The van der Waals surface area contributed by atoms with Gasteiger partial charge in [0, 0.05) is 24.9 Å². The van der Waals surface area contributed by atoms with Gasteiger partial charge in [-0.05, 0) is 30.7 Å². The molecule has 0 saturated carbocycles. The Morgan fingerprint density at radius 3 is 2.54 bits per heavy atom. The van der Waals surface area contributed by atoms with Crippen LogP contribution in [0, 0.1) is 6.92 Å². The lowest BCUT2D eigenvalue weighted by Crippen LogP contribution is -2.16. The van der Waals surface area contributed by atoms with E-state index in [4.69, 9.17) is 5.73 Å². The minimum atomic E-state index is -2.85. The van der Waals surface area contributed by atoms with Crippen LogP contribution in [0.1, 0.15) is 29.4 Å². The summed E-state index contributed by atoms with van der Waals surface area (Å²) in [4.78, 5) is 8.55. The normalized spacial score (nSPS) is 12.4. The maximum Gasteiger partial charge on any atom is 0.270 e. The highest BCUT2D eigenvalue weighted by molar-refractivity contribution is 5.96. The highest BCUT2D eigenvalue weighted by Crippen LogP contribution is 2.26. The van der Waals surface area contributed by atoms with Crippen molar-refractivity contribution in [2.45, 2.75) is 26.3 Å². The van der Waals surface area contributed by atoms with E-state index in [0.717, 1.165) is 23.9 Å². The maximum absolute atomic E-state index is 13.2. The van der Waals surface area contributed by atoms with Crippen molar-refractivity contribution in [3.8, 4) is 5.69 Å². The first kappa shape index (κ1) is 17.7. The third-order valence-corrected chi connectivity index (χ3v) is 3.89. The second-order valence-corrected chi connectivity index (χ2v) is 6.09. The third-order valence-electron chi connectivity index (χ3n) is 3.89. The van der Waals surface area contributed by atoms with Crippen LogP contribution in [0.3, 0.4) is 0 Å². The average Bonchev–Trinajstić information content (AvgIpc) is 3.06. The number of nitrogens with two attached hydrogens (primary N) is 1. The van der Waals surface area contributed by atoms with Gasteiger partial charge in [0.05, 0.1) is 17.9 Å². The highest BCUT2D eigenvalue weighted by Gasteiger charge is 2.23. The van der Waals surface area contributed by atoms with E-state index >= 15 is 0 Å². The lowest BCUT2D eigenvalue weighted by atomic mass is 10.1. The van der Waals surface area contributed by atoms with Crippen molar-refractivity contribution >= 4 is 5.84 Å². The largest absolute Gasteiger partial charge is 0.382 e. The number of hydrogen-bond donors (Lipinski definition) is 1. The van der Waals surface area contributed by atoms with Gasteiger partial charge in [-0.1, -0.05) is 24.3 Å². The minimum absolute atomic E-state index is 0.0258. The molecule has 2 N–H and O–H groups in total. The van der Waals surface area contributed by atoms with Gasteiger partial charge in [0.25, 0.3) is 5.92 Å². The molecule has 0 saturated heterocycles. The SMILES string of the molecule is Cc1ccn(-c2ccnc(C(N)=NCc3ccc(C(C)(F)F)cc3)c2)n1. The van der Waals surface area contributed by atoms with E-state index in [2.05, 4.69) is 15.1 Å². The van der Waals surface area contributed by atoms with Crippen LogP contribution in [-0.2, 0) is 12.5 Å². The van der Waals surface area contributed by atoms with E-state index in [-0.39, 0.29) is 17.9 Å². The summed E-state index contributed by atoms with van der Waals surface area (Å²) in [6, 6.07) is 11.6. The van der Waals surface area contributed by atoms with Gasteiger partial charge >= 0.3 is 0 Å². The van der Waals surface area contributed by atoms with Crippen molar-refractivity contribution in [3.05, 3.63) is 77.4 Å². The van der Waals surface area contributed by atoms with Crippen molar-refractivity contribution < 1.29 is 8.78 Å². The molecule has 2 heterocycles. The molecule has 1 aromatic carbocycles. The maximum atomic E-state index is 13.2. The number of aliphatic imine (C=N–C) groups is 1. The zero-order chi connectivity index (χ0) is 18.7. The van der Waals surface area contributed by atoms with Gasteiger partial charge in [-0.25, -0.2) is 13.5 Å². The number of alkyl halides is 2. The first-order valence-corrected chi connectivity index (χ1v) is 8.09. The fourth-order valence-electron chi connectivity index (χ4n) is 2.42. The number of pyridine rings is 1. The van der Waals surface area contributed by atoms with Crippen LogP contribution in [0.5, 0.6) is 0 Å². The molecule has 2 aromatic heterocycles. The van der Waals surface area contributed by atoms with Gasteiger partial charge in [-0.2, -0.15) is 5.10 Å². The molecule has 7 heteroatoms.